The second-order valence-electron chi connectivity index (χ2n) is 6.69. The summed E-state index contributed by atoms with van der Waals surface area (Å²) in [4.78, 5) is 39.4. The van der Waals surface area contributed by atoms with Crippen molar-refractivity contribution in [3.8, 4) is 0 Å². The third-order valence-corrected chi connectivity index (χ3v) is 3.75. The highest BCUT2D eigenvalue weighted by Crippen LogP contribution is 2.23. The minimum atomic E-state index is -0.529. The van der Waals surface area contributed by atoms with Crippen molar-refractivity contribution < 1.29 is 19.1 Å². The molecular weight excluding hydrogens is 272 g/mol. The van der Waals surface area contributed by atoms with Crippen molar-refractivity contribution in [3.05, 3.63) is 0 Å². The molecule has 2 amide bonds. The van der Waals surface area contributed by atoms with Gasteiger partial charge in [-0.1, -0.05) is 0 Å². The molecule has 2 saturated heterocycles. The Kier molecular flexibility index (Phi) is 4.54. The van der Waals surface area contributed by atoms with E-state index in [-0.39, 0.29) is 43.3 Å². The summed E-state index contributed by atoms with van der Waals surface area (Å²) in [5, 5.41) is 0. The molecule has 6 heteroatoms. The van der Waals surface area contributed by atoms with Crippen LogP contribution >= 0.6 is 0 Å². The monoisotopic (exact) mass is 296 g/mol. The van der Waals surface area contributed by atoms with Crippen LogP contribution in [0.4, 0.5) is 0 Å². The van der Waals surface area contributed by atoms with E-state index in [1.54, 1.807) is 25.7 Å². The number of hydrogen-bond donors (Lipinski definition) is 0. The molecule has 0 N–H and O–H groups in total. The Morgan fingerprint density at radius 1 is 1.29 bits per heavy atom. The fourth-order valence-electron chi connectivity index (χ4n) is 2.84. The van der Waals surface area contributed by atoms with E-state index in [2.05, 4.69) is 0 Å². The van der Waals surface area contributed by atoms with Crippen LogP contribution in [0.1, 0.15) is 46.5 Å². The maximum Gasteiger partial charge on any atom is 0.308 e. The van der Waals surface area contributed by atoms with E-state index in [0.717, 1.165) is 19.3 Å². The van der Waals surface area contributed by atoms with Crippen LogP contribution in [0.5, 0.6) is 0 Å². The molecule has 1 atom stereocenters. The Morgan fingerprint density at radius 3 is 2.67 bits per heavy atom. The molecule has 6 nitrogen and oxygen atoms in total. The lowest BCUT2D eigenvalue weighted by Crippen LogP contribution is -2.61. The molecule has 2 heterocycles. The number of carbonyl (C=O) groups is 3. The average molecular weight is 296 g/mol. The Labute approximate surface area is 125 Å². The van der Waals surface area contributed by atoms with Crippen LogP contribution in [-0.2, 0) is 19.1 Å². The molecule has 0 radical (unpaired) electrons. The predicted octanol–water partition coefficient (Wildman–Crippen LogP) is 0.941. The molecule has 0 aromatic rings. The van der Waals surface area contributed by atoms with E-state index in [1.807, 2.05) is 0 Å². The lowest BCUT2D eigenvalue weighted by atomic mass is 9.98. The van der Waals surface area contributed by atoms with Gasteiger partial charge >= 0.3 is 5.97 Å². The molecule has 2 aliphatic heterocycles. The maximum absolute atomic E-state index is 12.4. The Bertz CT molecular complexity index is 441. The molecular formula is C15H24N2O4. The van der Waals surface area contributed by atoms with E-state index < -0.39 is 5.60 Å². The molecule has 21 heavy (non-hydrogen) atoms. The number of hydrogen-bond acceptors (Lipinski definition) is 4. The number of rotatable bonds is 3. The smallest absolute Gasteiger partial charge is 0.308 e. The molecule has 2 rings (SSSR count). The van der Waals surface area contributed by atoms with Gasteiger partial charge in [0.25, 0.3) is 0 Å². The molecule has 0 aliphatic carbocycles. The number of carbonyl (C=O) groups excluding carboxylic acids is 3. The van der Waals surface area contributed by atoms with Crippen molar-refractivity contribution in [3.63, 3.8) is 0 Å². The van der Waals surface area contributed by atoms with Crippen molar-refractivity contribution in [1.82, 2.24) is 9.80 Å². The Hall–Kier alpha value is -1.59. The van der Waals surface area contributed by atoms with Gasteiger partial charge in [0.2, 0.25) is 11.8 Å². The molecule has 0 bridgehead atoms. The molecule has 2 aliphatic rings. The maximum atomic E-state index is 12.4. The van der Waals surface area contributed by atoms with Gasteiger partial charge in [-0.25, -0.2) is 0 Å². The summed E-state index contributed by atoms with van der Waals surface area (Å²) in [5.41, 5.74) is -0.529. The lowest BCUT2D eigenvalue weighted by Gasteiger charge is -2.42. The topological polar surface area (TPSA) is 66.9 Å². The normalized spacial score (nSPS) is 23.1. The number of piperazine rings is 1. The van der Waals surface area contributed by atoms with Gasteiger partial charge in [0.15, 0.2) is 0 Å². The largest absolute Gasteiger partial charge is 0.460 e. The molecule has 2 fully saturated rings. The van der Waals surface area contributed by atoms with Crippen LogP contribution in [0.2, 0.25) is 0 Å². The summed E-state index contributed by atoms with van der Waals surface area (Å²) in [7, 11) is 0. The van der Waals surface area contributed by atoms with E-state index in [9.17, 15) is 14.4 Å². The van der Waals surface area contributed by atoms with Gasteiger partial charge < -0.3 is 14.5 Å². The van der Waals surface area contributed by atoms with Gasteiger partial charge in [-0.15, -0.1) is 0 Å². The van der Waals surface area contributed by atoms with E-state index in [1.165, 1.54) is 4.90 Å². The highest BCUT2D eigenvalue weighted by Gasteiger charge is 2.40. The Morgan fingerprint density at radius 2 is 2.00 bits per heavy atom. The van der Waals surface area contributed by atoms with Gasteiger partial charge in [0.05, 0.1) is 13.0 Å². The van der Waals surface area contributed by atoms with Crippen LogP contribution in [-0.4, -0.2) is 58.9 Å². The van der Waals surface area contributed by atoms with Gasteiger partial charge in [0, 0.05) is 13.1 Å². The predicted molar refractivity (Wildman–Crippen MR) is 76.4 cm³/mol. The zero-order chi connectivity index (χ0) is 15.6. The summed E-state index contributed by atoms with van der Waals surface area (Å²) in [5.74, 6) is -0.379. The van der Waals surface area contributed by atoms with Crippen LogP contribution in [0, 0.1) is 0 Å². The molecule has 1 unspecified atom stereocenters. The fraction of sp³-hybridized carbons (Fsp3) is 0.800. The molecule has 0 aromatic heterocycles. The minimum absolute atomic E-state index is 0.0107. The van der Waals surface area contributed by atoms with Crippen molar-refractivity contribution in [2.24, 2.45) is 0 Å². The standard InChI is InChI=1S/C15H24N2O4/c1-15(2,3)21-13(19)7-9-16-10-12(18)17-8-5-4-6-11(17)14(16)20/h11H,4-10H2,1-3H3. The van der Waals surface area contributed by atoms with Crippen LogP contribution in [0.25, 0.3) is 0 Å². The highest BCUT2D eigenvalue weighted by molar-refractivity contribution is 5.95. The lowest BCUT2D eigenvalue weighted by molar-refractivity contribution is -0.161. The van der Waals surface area contributed by atoms with Crippen LogP contribution < -0.4 is 0 Å². The van der Waals surface area contributed by atoms with E-state index in [4.69, 9.17) is 4.74 Å². The summed E-state index contributed by atoms with van der Waals surface area (Å²) in [6.07, 6.45) is 2.80. The number of ether oxygens (including phenoxy) is 1. The first-order chi connectivity index (χ1) is 9.78. The molecule has 0 aromatic carbocycles. The van der Waals surface area contributed by atoms with E-state index in [0.29, 0.717) is 6.54 Å². The number of piperidine rings is 1. The first-order valence-electron chi connectivity index (χ1n) is 7.58. The van der Waals surface area contributed by atoms with Gasteiger partial charge in [-0.2, -0.15) is 0 Å². The zero-order valence-electron chi connectivity index (χ0n) is 13.1. The number of esters is 1. The van der Waals surface area contributed by atoms with Crippen LogP contribution in [0.3, 0.4) is 0 Å². The number of nitrogens with zero attached hydrogens (tertiary/aromatic N) is 2. The Balaban J connectivity index is 1.90. The first-order valence-corrected chi connectivity index (χ1v) is 7.58. The minimum Gasteiger partial charge on any atom is -0.460 e. The van der Waals surface area contributed by atoms with Crippen molar-refractivity contribution in [1.29, 1.82) is 0 Å². The summed E-state index contributed by atoms with van der Waals surface area (Å²) >= 11 is 0. The van der Waals surface area contributed by atoms with Crippen LogP contribution in [0.15, 0.2) is 0 Å². The SMILES string of the molecule is CC(C)(C)OC(=O)CCN1CC(=O)N2CCCCC2C1=O. The fourth-order valence-corrected chi connectivity index (χ4v) is 2.84. The summed E-state index contributed by atoms with van der Waals surface area (Å²) < 4.78 is 5.23. The zero-order valence-corrected chi connectivity index (χ0v) is 13.1. The molecule has 0 spiro atoms. The average Bonchev–Trinajstić information content (AvgIpc) is 2.39. The number of amides is 2. The van der Waals surface area contributed by atoms with Crippen molar-refractivity contribution in [2.45, 2.75) is 58.1 Å². The molecule has 118 valence electrons. The highest BCUT2D eigenvalue weighted by atomic mass is 16.6. The quantitative estimate of drug-likeness (QED) is 0.727. The van der Waals surface area contributed by atoms with Crippen molar-refractivity contribution >= 4 is 17.8 Å². The van der Waals surface area contributed by atoms with Crippen molar-refractivity contribution in [2.75, 3.05) is 19.6 Å². The number of fused-ring (bicyclic) bond motifs is 1. The summed E-state index contributed by atoms with van der Waals surface area (Å²) in [6.45, 7) is 6.43. The van der Waals surface area contributed by atoms with Gasteiger partial charge in [-0.05, 0) is 40.0 Å². The van der Waals surface area contributed by atoms with Gasteiger partial charge in [0.1, 0.15) is 11.6 Å². The third-order valence-electron chi connectivity index (χ3n) is 3.75. The molecule has 0 saturated carbocycles. The second-order valence-corrected chi connectivity index (χ2v) is 6.69. The third kappa shape index (κ3) is 3.95. The summed E-state index contributed by atoms with van der Waals surface area (Å²) in [6, 6.07) is -0.321. The first kappa shape index (κ1) is 15.8. The second kappa shape index (κ2) is 6.03. The van der Waals surface area contributed by atoms with Gasteiger partial charge in [-0.3, -0.25) is 14.4 Å². The van der Waals surface area contributed by atoms with E-state index >= 15 is 0 Å².